The maximum Gasteiger partial charge on any atom is 0.323 e. The van der Waals surface area contributed by atoms with Crippen LogP contribution in [-0.2, 0) is 16.0 Å². The summed E-state index contributed by atoms with van der Waals surface area (Å²) in [4.78, 5) is 15.5. The van der Waals surface area contributed by atoms with E-state index in [1.54, 1.807) is 0 Å². The third kappa shape index (κ3) is 2.65. The molecule has 1 aromatic rings. The molecule has 2 heterocycles. The van der Waals surface area contributed by atoms with Gasteiger partial charge in [0.15, 0.2) is 0 Å². The highest BCUT2D eigenvalue weighted by atomic mass is 32.2. The first kappa shape index (κ1) is 13.0. The average Bonchev–Trinajstić information content (AvgIpc) is 3.04. The van der Waals surface area contributed by atoms with Gasteiger partial charge in [0, 0.05) is 16.7 Å². The number of methoxy groups -OCH3 is 1. The van der Waals surface area contributed by atoms with Gasteiger partial charge in [-0.3, -0.25) is 9.69 Å². The number of rotatable bonds is 3. The van der Waals surface area contributed by atoms with Crippen molar-refractivity contribution in [1.82, 2.24) is 4.90 Å². The lowest BCUT2D eigenvalue weighted by Gasteiger charge is -2.24. The lowest BCUT2D eigenvalue weighted by molar-refractivity contribution is -0.145. The van der Waals surface area contributed by atoms with Crippen LogP contribution in [-0.4, -0.2) is 42.4 Å². The second-order valence-electron chi connectivity index (χ2n) is 5.23. The maximum absolute atomic E-state index is 11.7. The molecular weight excluding hydrogens is 258 g/mol. The van der Waals surface area contributed by atoms with Gasteiger partial charge in [-0.2, -0.15) is 0 Å². The molecule has 1 saturated heterocycles. The van der Waals surface area contributed by atoms with Crippen LogP contribution in [0.1, 0.15) is 18.4 Å². The van der Waals surface area contributed by atoms with Crippen LogP contribution in [0, 0.1) is 0 Å². The van der Waals surface area contributed by atoms with Crippen LogP contribution in [0.25, 0.3) is 0 Å². The molecule has 2 aliphatic rings. The van der Waals surface area contributed by atoms with E-state index in [9.17, 15) is 4.79 Å². The van der Waals surface area contributed by atoms with E-state index in [0.717, 1.165) is 32.4 Å². The number of carbonyl (C=O) groups is 1. The number of fused-ring (bicyclic) bond motifs is 1. The zero-order valence-corrected chi connectivity index (χ0v) is 12.0. The fourth-order valence-electron chi connectivity index (χ4n) is 3.06. The predicted molar refractivity (Wildman–Crippen MR) is 76.4 cm³/mol. The van der Waals surface area contributed by atoms with Gasteiger partial charge in [-0.1, -0.05) is 18.2 Å². The highest BCUT2D eigenvalue weighted by molar-refractivity contribution is 8.00. The van der Waals surface area contributed by atoms with Crippen molar-refractivity contribution in [3.63, 3.8) is 0 Å². The largest absolute Gasteiger partial charge is 0.468 e. The van der Waals surface area contributed by atoms with Crippen LogP contribution in [0.15, 0.2) is 29.2 Å². The van der Waals surface area contributed by atoms with E-state index in [-0.39, 0.29) is 12.0 Å². The van der Waals surface area contributed by atoms with E-state index in [4.69, 9.17) is 4.74 Å². The molecule has 2 aliphatic heterocycles. The van der Waals surface area contributed by atoms with Crippen LogP contribution in [0.4, 0.5) is 0 Å². The van der Waals surface area contributed by atoms with E-state index >= 15 is 0 Å². The fourth-order valence-corrected chi connectivity index (χ4v) is 4.41. The van der Waals surface area contributed by atoms with Gasteiger partial charge in [0.05, 0.1) is 7.11 Å². The Bertz CT molecular complexity index is 452. The molecule has 0 aliphatic carbocycles. The molecule has 3 nitrogen and oxygen atoms in total. The van der Waals surface area contributed by atoms with E-state index in [0.29, 0.717) is 5.25 Å². The molecule has 0 bridgehead atoms. The molecule has 102 valence electrons. The van der Waals surface area contributed by atoms with Gasteiger partial charge in [0.1, 0.15) is 6.04 Å². The number of benzene rings is 1. The summed E-state index contributed by atoms with van der Waals surface area (Å²) in [6.07, 6.45) is 3.16. The molecule has 0 N–H and O–H groups in total. The first-order valence-corrected chi connectivity index (χ1v) is 7.72. The Morgan fingerprint density at radius 2 is 2.32 bits per heavy atom. The minimum Gasteiger partial charge on any atom is -0.468 e. The van der Waals surface area contributed by atoms with Crippen molar-refractivity contribution in [3.8, 4) is 0 Å². The summed E-state index contributed by atoms with van der Waals surface area (Å²) in [6, 6.07) is 8.59. The summed E-state index contributed by atoms with van der Waals surface area (Å²) in [5.74, 6) is -0.0713. The molecule has 0 saturated carbocycles. The van der Waals surface area contributed by atoms with Crippen LogP contribution >= 0.6 is 11.8 Å². The predicted octanol–water partition coefficient (Wildman–Crippen LogP) is 2.34. The molecule has 1 aromatic carbocycles. The molecule has 2 unspecified atom stereocenters. The second-order valence-corrected chi connectivity index (χ2v) is 6.57. The second kappa shape index (κ2) is 5.55. The number of likely N-dealkylation sites (tertiary alicyclic amines) is 1. The quantitative estimate of drug-likeness (QED) is 0.793. The normalized spacial score (nSPS) is 26.4. The molecule has 4 heteroatoms. The zero-order valence-electron chi connectivity index (χ0n) is 11.2. The number of hydrogen-bond donors (Lipinski definition) is 0. The molecule has 0 spiro atoms. The zero-order chi connectivity index (χ0) is 13.2. The first-order chi connectivity index (χ1) is 9.28. The van der Waals surface area contributed by atoms with Crippen molar-refractivity contribution < 1.29 is 9.53 Å². The molecular formula is C15H19NO2S. The Morgan fingerprint density at radius 1 is 1.47 bits per heavy atom. The van der Waals surface area contributed by atoms with E-state index in [2.05, 4.69) is 29.2 Å². The van der Waals surface area contributed by atoms with Crippen LogP contribution in [0.2, 0.25) is 0 Å². The highest BCUT2D eigenvalue weighted by Crippen LogP contribution is 2.37. The highest BCUT2D eigenvalue weighted by Gasteiger charge is 2.34. The third-order valence-corrected chi connectivity index (χ3v) is 5.29. The summed E-state index contributed by atoms with van der Waals surface area (Å²) in [6.45, 7) is 2.01. The summed E-state index contributed by atoms with van der Waals surface area (Å²) < 4.78 is 4.90. The molecule has 0 amide bonds. The van der Waals surface area contributed by atoms with Gasteiger partial charge < -0.3 is 4.74 Å². The number of nitrogens with zero attached hydrogens (tertiary/aromatic N) is 1. The molecule has 0 aromatic heterocycles. The van der Waals surface area contributed by atoms with Crippen molar-refractivity contribution in [1.29, 1.82) is 0 Å². The lowest BCUT2D eigenvalue weighted by Crippen LogP contribution is -2.40. The van der Waals surface area contributed by atoms with E-state index < -0.39 is 0 Å². The fraction of sp³-hybridized carbons (Fsp3) is 0.533. The SMILES string of the molecule is COC(=O)C1CCCN1CC1Cc2ccccc2S1. The van der Waals surface area contributed by atoms with E-state index in [1.807, 2.05) is 11.8 Å². The van der Waals surface area contributed by atoms with Gasteiger partial charge in [-0.25, -0.2) is 0 Å². The standard InChI is InChI=1S/C15H19NO2S/c1-18-15(17)13-6-4-8-16(13)10-12-9-11-5-2-3-7-14(11)19-12/h2-3,5,7,12-13H,4,6,8-10H2,1H3. The minimum atomic E-state index is -0.0713. The van der Waals surface area contributed by atoms with E-state index in [1.165, 1.54) is 17.6 Å². The molecule has 3 rings (SSSR count). The van der Waals surface area contributed by atoms with Gasteiger partial charge >= 0.3 is 5.97 Å². The summed E-state index contributed by atoms with van der Waals surface area (Å²) >= 11 is 1.95. The molecule has 19 heavy (non-hydrogen) atoms. The van der Waals surface area contributed by atoms with Crippen molar-refractivity contribution in [3.05, 3.63) is 29.8 Å². The summed E-state index contributed by atoms with van der Waals surface area (Å²) in [7, 11) is 1.49. The Morgan fingerprint density at radius 3 is 3.11 bits per heavy atom. The van der Waals surface area contributed by atoms with Crippen LogP contribution < -0.4 is 0 Å². The average molecular weight is 277 g/mol. The molecule has 0 radical (unpaired) electrons. The number of esters is 1. The Hall–Kier alpha value is -1.00. The Kier molecular flexibility index (Phi) is 3.80. The van der Waals surface area contributed by atoms with Crippen LogP contribution in [0.3, 0.4) is 0 Å². The number of hydrogen-bond acceptors (Lipinski definition) is 4. The van der Waals surface area contributed by atoms with Crippen molar-refractivity contribution in [2.75, 3.05) is 20.2 Å². The van der Waals surface area contributed by atoms with Crippen LogP contribution in [0.5, 0.6) is 0 Å². The van der Waals surface area contributed by atoms with Crippen molar-refractivity contribution in [2.45, 2.75) is 35.4 Å². The topological polar surface area (TPSA) is 29.5 Å². The summed E-state index contributed by atoms with van der Waals surface area (Å²) in [5.41, 5.74) is 1.45. The number of ether oxygens (including phenoxy) is 1. The Balaban J connectivity index is 1.63. The van der Waals surface area contributed by atoms with Gasteiger partial charge in [0.25, 0.3) is 0 Å². The minimum absolute atomic E-state index is 0.0192. The summed E-state index contributed by atoms with van der Waals surface area (Å²) in [5, 5.41) is 0.572. The molecule has 2 atom stereocenters. The third-order valence-electron chi connectivity index (χ3n) is 3.99. The first-order valence-electron chi connectivity index (χ1n) is 6.84. The lowest BCUT2D eigenvalue weighted by atomic mass is 10.1. The number of thioether (sulfide) groups is 1. The van der Waals surface area contributed by atoms with Crippen molar-refractivity contribution >= 4 is 17.7 Å². The smallest absolute Gasteiger partial charge is 0.323 e. The number of carbonyl (C=O) groups excluding carboxylic acids is 1. The van der Waals surface area contributed by atoms with Crippen molar-refractivity contribution in [2.24, 2.45) is 0 Å². The van der Waals surface area contributed by atoms with Gasteiger partial charge in [-0.15, -0.1) is 11.8 Å². The molecule has 1 fully saturated rings. The van der Waals surface area contributed by atoms with Gasteiger partial charge in [-0.05, 0) is 37.4 Å². The van der Waals surface area contributed by atoms with Gasteiger partial charge in [0.2, 0.25) is 0 Å². The Labute approximate surface area is 118 Å². The monoisotopic (exact) mass is 277 g/mol. The maximum atomic E-state index is 11.7.